The van der Waals surface area contributed by atoms with Gasteiger partial charge in [-0.25, -0.2) is 4.79 Å². The fourth-order valence-corrected chi connectivity index (χ4v) is 2.20. The molecule has 0 saturated carbocycles. The molecule has 0 radical (unpaired) electrons. The first-order valence-electron chi connectivity index (χ1n) is 5.86. The minimum absolute atomic E-state index is 0.0975. The van der Waals surface area contributed by atoms with Gasteiger partial charge in [0.25, 0.3) is 5.56 Å². The molecule has 2 aromatic rings. The molecule has 108 valence electrons. The minimum Gasteiger partial charge on any atom is -0.383 e. The number of nitrogens with one attached hydrogen (secondary N) is 2. The van der Waals surface area contributed by atoms with Gasteiger partial charge in [0.05, 0.1) is 25.2 Å². The van der Waals surface area contributed by atoms with Crippen molar-refractivity contribution in [2.24, 2.45) is 0 Å². The summed E-state index contributed by atoms with van der Waals surface area (Å²) < 4.78 is 6.17. The predicted molar refractivity (Wildman–Crippen MR) is 77.1 cm³/mol. The van der Waals surface area contributed by atoms with Crippen molar-refractivity contribution in [3.8, 4) is 0 Å². The molecule has 20 heavy (non-hydrogen) atoms. The Hall–Kier alpha value is -2.13. The highest BCUT2D eigenvalue weighted by atomic mass is 32.1. The van der Waals surface area contributed by atoms with Gasteiger partial charge in [0.2, 0.25) is 0 Å². The van der Waals surface area contributed by atoms with Crippen molar-refractivity contribution < 1.29 is 4.74 Å². The van der Waals surface area contributed by atoms with Gasteiger partial charge in [0.15, 0.2) is 0 Å². The van der Waals surface area contributed by atoms with Crippen molar-refractivity contribution in [2.75, 3.05) is 24.8 Å². The highest BCUT2D eigenvalue weighted by Gasteiger charge is 2.12. The number of anilines is 2. The van der Waals surface area contributed by atoms with Gasteiger partial charge >= 0.3 is 5.69 Å². The lowest BCUT2D eigenvalue weighted by atomic mass is 10.4. The zero-order valence-electron chi connectivity index (χ0n) is 10.9. The number of nitrogens with two attached hydrogens (primary N) is 1. The maximum Gasteiger partial charge on any atom is 0.330 e. The van der Waals surface area contributed by atoms with E-state index in [9.17, 15) is 9.59 Å². The summed E-state index contributed by atoms with van der Waals surface area (Å²) in [6.45, 7) is 1.01. The Morgan fingerprint density at radius 2 is 2.35 bits per heavy atom. The molecular weight excluding hydrogens is 282 g/mol. The van der Waals surface area contributed by atoms with Gasteiger partial charge in [-0.1, -0.05) is 0 Å². The SMILES string of the molecule is COCCn1c(N)c(NCc2cncs2)c(=O)[nH]c1=O. The molecule has 0 aromatic carbocycles. The van der Waals surface area contributed by atoms with Crippen LogP contribution in [0.2, 0.25) is 0 Å². The lowest BCUT2D eigenvalue weighted by Gasteiger charge is -2.13. The number of hydrogen-bond acceptors (Lipinski definition) is 7. The number of aromatic nitrogens is 3. The Morgan fingerprint density at radius 3 is 3.00 bits per heavy atom. The van der Waals surface area contributed by atoms with Crippen LogP contribution in [0, 0.1) is 0 Å². The van der Waals surface area contributed by atoms with Crippen molar-refractivity contribution in [2.45, 2.75) is 13.1 Å². The van der Waals surface area contributed by atoms with E-state index in [1.54, 1.807) is 11.7 Å². The summed E-state index contributed by atoms with van der Waals surface area (Å²) in [6, 6.07) is 0. The lowest BCUT2D eigenvalue weighted by Crippen LogP contribution is -2.34. The molecular formula is C11H15N5O3S. The van der Waals surface area contributed by atoms with Crippen molar-refractivity contribution in [3.05, 3.63) is 37.4 Å². The number of hydrogen-bond donors (Lipinski definition) is 3. The van der Waals surface area contributed by atoms with E-state index in [0.29, 0.717) is 13.2 Å². The molecule has 0 saturated heterocycles. The van der Waals surface area contributed by atoms with E-state index in [1.165, 1.54) is 23.0 Å². The first kappa shape index (κ1) is 14.3. The van der Waals surface area contributed by atoms with Crippen LogP contribution in [-0.2, 0) is 17.8 Å². The maximum absolute atomic E-state index is 11.8. The normalized spacial score (nSPS) is 10.7. The van der Waals surface area contributed by atoms with Crippen molar-refractivity contribution in [1.29, 1.82) is 0 Å². The fraction of sp³-hybridized carbons (Fsp3) is 0.364. The molecule has 0 bridgehead atoms. The molecule has 2 aromatic heterocycles. The van der Waals surface area contributed by atoms with Crippen LogP contribution in [0.4, 0.5) is 11.5 Å². The average Bonchev–Trinajstić information content (AvgIpc) is 2.91. The number of nitrogens with zero attached hydrogens (tertiary/aromatic N) is 2. The van der Waals surface area contributed by atoms with E-state index >= 15 is 0 Å². The van der Waals surface area contributed by atoms with Gasteiger partial charge in [-0.15, -0.1) is 11.3 Å². The summed E-state index contributed by atoms with van der Waals surface area (Å²) in [5, 5.41) is 2.93. The molecule has 0 aliphatic heterocycles. The van der Waals surface area contributed by atoms with Gasteiger partial charge in [0, 0.05) is 18.2 Å². The van der Waals surface area contributed by atoms with Crippen LogP contribution in [0.3, 0.4) is 0 Å². The Labute approximate surface area is 118 Å². The van der Waals surface area contributed by atoms with Gasteiger partial charge in [0.1, 0.15) is 11.5 Å². The smallest absolute Gasteiger partial charge is 0.330 e. The van der Waals surface area contributed by atoms with Gasteiger partial charge in [-0.2, -0.15) is 0 Å². The summed E-state index contributed by atoms with van der Waals surface area (Å²) >= 11 is 1.46. The van der Waals surface area contributed by atoms with Crippen molar-refractivity contribution >= 4 is 22.8 Å². The highest BCUT2D eigenvalue weighted by Crippen LogP contribution is 2.13. The van der Waals surface area contributed by atoms with Gasteiger partial charge in [-0.3, -0.25) is 19.3 Å². The molecule has 0 spiro atoms. The molecule has 4 N–H and O–H groups in total. The quantitative estimate of drug-likeness (QED) is 0.682. The zero-order chi connectivity index (χ0) is 14.5. The van der Waals surface area contributed by atoms with Crippen LogP contribution >= 0.6 is 11.3 Å². The van der Waals surface area contributed by atoms with Crippen molar-refractivity contribution in [3.63, 3.8) is 0 Å². The largest absolute Gasteiger partial charge is 0.383 e. The highest BCUT2D eigenvalue weighted by molar-refractivity contribution is 7.09. The second-order valence-corrected chi connectivity index (χ2v) is 4.96. The first-order valence-corrected chi connectivity index (χ1v) is 6.74. The molecule has 0 amide bonds. The second kappa shape index (κ2) is 6.35. The third-order valence-electron chi connectivity index (χ3n) is 2.68. The summed E-state index contributed by atoms with van der Waals surface area (Å²) in [7, 11) is 1.52. The van der Waals surface area contributed by atoms with Gasteiger partial charge in [-0.05, 0) is 0 Å². The minimum atomic E-state index is -0.548. The van der Waals surface area contributed by atoms with Gasteiger partial charge < -0.3 is 15.8 Å². The molecule has 0 unspecified atom stereocenters. The Balaban J connectivity index is 2.27. The number of H-pyrrole nitrogens is 1. The van der Waals surface area contributed by atoms with Crippen LogP contribution in [0.5, 0.6) is 0 Å². The maximum atomic E-state index is 11.8. The van der Waals surface area contributed by atoms with E-state index in [4.69, 9.17) is 10.5 Å². The van der Waals surface area contributed by atoms with Crippen molar-refractivity contribution in [1.82, 2.24) is 14.5 Å². The number of rotatable bonds is 6. The Bertz CT molecular complexity index is 676. The number of methoxy groups -OCH3 is 1. The molecule has 0 aliphatic rings. The monoisotopic (exact) mass is 297 g/mol. The first-order chi connectivity index (χ1) is 9.63. The number of nitrogen functional groups attached to an aromatic ring is 1. The Morgan fingerprint density at radius 1 is 1.55 bits per heavy atom. The van der Waals surface area contributed by atoms with E-state index < -0.39 is 11.2 Å². The summed E-state index contributed by atoms with van der Waals surface area (Å²) in [5.74, 6) is 0.0975. The number of ether oxygens (including phenoxy) is 1. The molecule has 9 heteroatoms. The Kier molecular flexibility index (Phi) is 4.53. The molecule has 8 nitrogen and oxygen atoms in total. The number of thiazole rings is 1. The van der Waals surface area contributed by atoms with Crippen LogP contribution in [0.1, 0.15) is 4.88 Å². The standard InChI is InChI=1S/C11H15N5O3S/c1-19-3-2-16-9(12)8(10(17)15-11(16)18)14-5-7-4-13-6-20-7/h4,6,14H,2-3,5,12H2,1H3,(H,15,17,18). The second-order valence-electron chi connectivity index (χ2n) is 3.99. The molecule has 0 fully saturated rings. The molecule has 0 atom stereocenters. The zero-order valence-corrected chi connectivity index (χ0v) is 11.7. The molecule has 0 aliphatic carbocycles. The summed E-state index contributed by atoms with van der Waals surface area (Å²) in [5.41, 5.74) is 6.67. The average molecular weight is 297 g/mol. The lowest BCUT2D eigenvalue weighted by molar-refractivity contribution is 0.186. The molecule has 2 heterocycles. The third-order valence-corrected chi connectivity index (χ3v) is 3.46. The third kappa shape index (κ3) is 3.06. The number of aromatic amines is 1. The van der Waals surface area contributed by atoms with Crippen LogP contribution in [-0.4, -0.2) is 28.3 Å². The van der Waals surface area contributed by atoms with E-state index in [0.717, 1.165) is 4.88 Å². The fourth-order valence-electron chi connectivity index (χ4n) is 1.67. The summed E-state index contributed by atoms with van der Waals surface area (Å²) in [4.78, 5) is 30.6. The molecule has 2 rings (SSSR count). The van der Waals surface area contributed by atoms with Crippen LogP contribution < -0.4 is 22.3 Å². The van der Waals surface area contributed by atoms with Crippen LogP contribution in [0.25, 0.3) is 0 Å². The predicted octanol–water partition coefficient (Wildman–Crippen LogP) is -0.166. The van der Waals surface area contributed by atoms with E-state index in [-0.39, 0.29) is 18.1 Å². The van der Waals surface area contributed by atoms with E-state index in [1.807, 2.05) is 0 Å². The summed E-state index contributed by atoms with van der Waals surface area (Å²) in [6.07, 6.45) is 1.70. The van der Waals surface area contributed by atoms with E-state index in [2.05, 4.69) is 15.3 Å². The van der Waals surface area contributed by atoms with Crippen LogP contribution in [0.15, 0.2) is 21.3 Å². The topological polar surface area (TPSA) is 115 Å².